The zero-order valence-electron chi connectivity index (χ0n) is 17.0. The molecule has 148 valence electrons. The van der Waals surface area contributed by atoms with Gasteiger partial charge in [0, 0.05) is 5.02 Å². The van der Waals surface area contributed by atoms with E-state index in [0.29, 0.717) is 0 Å². The topological polar surface area (TPSA) is 0 Å². The Labute approximate surface area is 188 Å². The molecule has 0 N–H and O–H groups in total. The van der Waals surface area contributed by atoms with E-state index < -0.39 is 0 Å². The van der Waals surface area contributed by atoms with Gasteiger partial charge in [-0.2, -0.15) is 0 Å². The van der Waals surface area contributed by atoms with E-state index in [2.05, 4.69) is 103 Å². The summed E-state index contributed by atoms with van der Waals surface area (Å²) >= 11 is 6.19. The second-order valence-corrected chi connectivity index (χ2v) is 8.05. The van der Waals surface area contributed by atoms with Gasteiger partial charge < -0.3 is 0 Å². The molecule has 5 aromatic carbocycles. The summed E-state index contributed by atoms with van der Waals surface area (Å²) in [6.07, 6.45) is 0. The van der Waals surface area contributed by atoms with E-state index in [1.54, 1.807) is 0 Å². The van der Waals surface area contributed by atoms with Crippen molar-refractivity contribution in [1.29, 1.82) is 0 Å². The second kappa shape index (κ2) is 8.63. The first kappa shape index (κ1) is 19.4. The van der Waals surface area contributed by atoms with Crippen LogP contribution in [0.15, 0.2) is 127 Å². The molecule has 0 aliphatic carbocycles. The first-order valence-corrected chi connectivity index (χ1v) is 10.8. The van der Waals surface area contributed by atoms with Crippen molar-refractivity contribution in [3.8, 4) is 44.5 Å². The maximum absolute atomic E-state index is 6.19. The number of benzene rings is 5. The summed E-state index contributed by atoms with van der Waals surface area (Å²) in [5.41, 5.74) is 9.58. The lowest BCUT2D eigenvalue weighted by atomic mass is 9.95. The summed E-state index contributed by atoms with van der Waals surface area (Å²) in [6.45, 7) is 0. The van der Waals surface area contributed by atoms with Gasteiger partial charge in [-0.15, -0.1) is 0 Å². The summed E-state index contributed by atoms with van der Waals surface area (Å²) in [7, 11) is 0. The standard InChI is InChI=1S/C30H21Cl/c31-30-14-6-13-29(21-30)28-12-5-11-27(20-28)26-10-4-9-25(19-26)24-17-15-23(16-18-24)22-7-2-1-3-8-22/h1-21H. The van der Waals surface area contributed by atoms with Gasteiger partial charge in [0.25, 0.3) is 0 Å². The van der Waals surface area contributed by atoms with Crippen LogP contribution in [0.3, 0.4) is 0 Å². The van der Waals surface area contributed by atoms with Crippen molar-refractivity contribution >= 4 is 11.6 Å². The van der Waals surface area contributed by atoms with E-state index in [4.69, 9.17) is 11.6 Å². The Bertz CT molecular complexity index is 1320. The highest BCUT2D eigenvalue weighted by Crippen LogP contribution is 2.31. The minimum atomic E-state index is 0.754. The molecule has 5 aromatic rings. The zero-order valence-corrected chi connectivity index (χ0v) is 17.8. The predicted octanol–water partition coefficient (Wildman–Crippen LogP) is 9.01. The normalized spacial score (nSPS) is 10.7. The lowest BCUT2D eigenvalue weighted by Gasteiger charge is -2.09. The van der Waals surface area contributed by atoms with Crippen molar-refractivity contribution in [2.45, 2.75) is 0 Å². The van der Waals surface area contributed by atoms with Crippen LogP contribution in [0.4, 0.5) is 0 Å². The lowest BCUT2D eigenvalue weighted by Crippen LogP contribution is -1.84. The van der Waals surface area contributed by atoms with Crippen LogP contribution in [0, 0.1) is 0 Å². The highest BCUT2D eigenvalue weighted by atomic mass is 35.5. The van der Waals surface area contributed by atoms with Crippen LogP contribution >= 0.6 is 11.6 Å². The van der Waals surface area contributed by atoms with Crippen LogP contribution in [0.1, 0.15) is 0 Å². The maximum atomic E-state index is 6.19. The minimum Gasteiger partial charge on any atom is -0.0843 e. The largest absolute Gasteiger partial charge is 0.0843 e. The van der Waals surface area contributed by atoms with Gasteiger partial charge in [-0.1, -0.05) is 115 Å². The highest BCUT2D eigenvalue weighted by Gasteiger charge is 2.05. The predicted molar refractivity (Wildman–Crippen MR) is 133 cm³/mol. The van der Waals surface area contributed by atoms with E-state index >= 15 is 0 Å². The Morgan fingerprint density at radius 1 is 0.290 bits per heavy atom. The average molecular weight is 417 g/mol. The van der Waals surface area contributed by atoms with E-state index in [-0.39, 0.29) is 0 Å². The van der Waals surface area contributed by atoms with Gasteiger partial charge in [-0.3, -0.25) is 0 Å². The quantitative estimate of drug-likeness (QED) is 0.274. The Balaban J connectivity index is 1.46. The molecule has 0 amide bonds. The summed E-state index contributed by atoms with van der Waals surface area (Å²) in [5, 5.41) is 0.754. The van der Waals surface area contributed by atoms with Crippen LogP contribution in [0.25, 0.3) is 44.5 Å². The molecule has 0 spiro atoms. The van der Waals surface area contributed by atoms with Crippen molar-refractivity contribution in [3.05, 3.63) is 132 Å². The van der Waals surface area contributed by atoms with Crippen LogP contribution in [0.5, 0.6) is 0 Å². The molecule has 0 nitrogen and oxygen atoms in total. The SMILES string of the molecule is Clc1cccc(-c2cccc(-c3cccc(-c4ccc(-c5ccccc5)cc4)c3)c2)c1. The first-order chi connectivity index (χ1) is 15.3. The smallest absolute Gasteiger partial charge is 0.0412 e. The van der Waals surface area contributed by atoms with Gasteiger partial charge >= 0.3 is 0 Å². The summed E-state index contributed by atoms with van der Waals surface area (Å²) in [4.78, 5) is 0. The molecule has 5 rings (SSSR count). The van der Waals surface area contributed by atoms with Crippen molar-refractivity contribution in [3.63, 3.8) is 0 Å². The van der Waals surface area contributed by atoms with Gasteiger partial charge in [-0.05, 0) is 68.8 Å². The van der Waals surface area contributed by atoms with Gasteiger partial charge in [0.05, 0.1) is 0 Å². The molecule has 0 aromatic heterocycles. The summed E-state index contributed by atoms with van der Waals surface area (Å²) < 4.78 is 0. The van der Waals surface area contributed by atoms with Crippen molar-refractivity contribution < 1.29 is 0 Å². The van der Waals surface area contributed by atoms with E-state index in [1.165, 1.54) is 33.4 Å². The number of hydrogen-bond acceptors (Lipinski definition) is 0. The van der Waals surface area contributed by atoms with Crippen molar-refractivity contribution in [1.82, 2.24) is 0 Å². The van der Waals surface area contributed by atoms with Gasteiger partial charge in [0.2, 0.25) is 0 Å². The molecule has 0 heterocycles. The van der Waals surface area contributed by atoms with Crippen LogP contribution < -0.4 is 0 Å². The van der Waals surface area contributed by atoms with E-state index in [1.807, 2.05) is 24.3 Å². The molecule has 0 unspecified atom stereocenters. The van der Waals surface area contributed by atoms with Crippen LogP contribution in [-0.4, -0.2) is 0 Å². The fourth-order valence-electron chi connectivity index (χ4n) is 3.91. The number of hydrogen-bond donors (Lipinski definition) is 0. The van der Waals surface area contributed by atoms with Gasteiger partial charge in [0.1, 0.15) is 0 Å². The molecule has 0 bridgehead atoms. The third-order valence-corrected chi connectivity index (χ3v) is 5.78. The van der Waals surface area contributed by atoms with E-state index in [9.17, 15) is 0 Å². The molecule has 0 saturated carbocycles. The highest BCUT2D eigenvalue weighted by molar-refractivity contribution is 6.30. The third-order valence-electron chi connectivity index (χ3n) is 5.54. The molecule has 31 heavy (non-hydrogen) atoms. The zero-order chi connectivity index (χ0) is 21.0. The van der Waals surface area contributed by atoms with Crippen LogP contribution in [0.2, 0.25) is 5.02 Å². The molecular formula is C30H21Cl. The monoisotopic (exact) mass is 416 g/mol. The fourth-order valence-corrected chi connectivity index (χ4v) is 4.10. The van der Waals surface area contributed by atoms with E-state index in [0.717, 1.165) is 16.1 Å². The maximum Gasteiger partial charge on any atom is 0.0412 e. The Kier molecular flexibility index (Phi) is 5.39. The Hall–Kier alpha value is -3.61. The number of rotatable bonds is 4. The molecule has 0 atom stereocenters. The molecule has 0 aliphatic rings. The van der Waals surface area contributed by atoms with Gasteiger partial charge in [-0.25, -0.2) is 0 Å². The second-order valence-electron chi connectivity index (χ2n) is 7.62. The fraction of sp³-hybridized carbons (Fsp3) is 0. The lowest BCUT2D eigenvalue weighted by molar-refractivity contribution is 1.56. The Morgan fingerprint density at radius 3 is 1.16 bits per heavy atom. The molecule has 0 fully saturated rings. The number of halogens is 1. The third kappa shape index (κ3) is 4.30. The summed E-state index contributed by atoms with van der Waals surface area (Å²) in [6, 6.07) is 44.6. The summed E-state index contributed by atoms with van der Waals surface area (Å²) in [5.74, 6) is 0. The van der Waals surface area contributed by atoms with Crippen LogP contribution in [-0.2, 0) is 0 Å². The molecule has 1 heteroatoms. The van der Waals surface area contributed by atoms with Gasteiger partial charge in [0.15, 0.2) is 0 Å². The molecular weight excluding hydrogens is 396 g/mol. The molecule has 0 saturated heterocycles. The first-order valence-electron chi connectivity index (χ1n) is 10.4. The van der Waals surface area contributed by atoms with Crippen molar-refractivity contribution in [2.75, 3.05) is 0 Å². The average Bonchev–Trinajstić information content (AvgIpc) is 2.85. The van der Waals surface area contributed by atoms with Crippen molar-refractivity contribution in [2.24, 2.45) is 0 Å². The minimum absolute atomic E-state index is 0.754. The molecule has 0 aliphatic heterocycles. The Morgan fingerprint density at radius 2 is 0.645 bits per heavy atom. The molecule has 0 radical (unpaired) electrons.